The van der Waals surface area contributed by atoms with Crippen LogP contribution < -0.4 is 5.73 Å². The number of halogens is 3. The van der Waals surface area contributed by atoms with Crippen LogP contribution in [0, 0.1) is 0 Å². The molecular formula is C15H22Cl3N5O. The Morgan fingerprint density at radius 1 is 1.08 bits per heavy atom. The Morgan fingerprint density at radius 3 is 2.33 bits per heavy atom. The van der Waals surface area contributed by atoms with Gasteiger partial charge in [-0.15, -0.1) is 24.8 Å². The summed E-state index contributed by atoms with van der Waals surface area (Å²) >= 11 is 6.03. The molecule has 6 nitrogen and oxygen atoms in total. The maximum absolute atomic E-state index is 6.03. The molecule has 1 aliphatic rings. The van der Waals surface area contributed by atoms with Gasteiger partial charge in [0.1, 0.15) is 0 Å². The molecule has 0 unspecified atom stereocenters. The van der Waals surface area contributed by atoms with Gasteiger partial charge in [0, 0.05) is 37.7 Å². The van der Waals surface area contributed by atoms with E-state index in [2.05, 4.69) is 26.0 Å². The lowest BCUT2D eigenvalue weighted by Crippen LogP contribution is -2.45. The van der Waals surface area contributed by atoms with Crippen molar-refractivity contribution in [2.45, 2.75) is 19.6 Å². The van der Waals surface area contributed by atoms with Crippen LogP contribution in [0.5, 0.6) is 0 Å². The highest BCUT2D eigenvalue weighted by molar-refractivity contribution is 6.30. The Balaban J connectivity index is 0.00000144. The molecule has 0 bridgehead atoms. The third kappa shape index (κ3) is 5.88. The first-order chi connectivity index (χ1) is 10.7. The largest absolute Gasteiger partial charge is 0.338 e. The van der Waals surface area contributed by atoms with Crippen molar-refractivity contribution in [1.82, 2.24) is 19.9 Å². The molecule has 1 aromatic heterocycles. The van der Waals surface area contributed by atoms with Gasteiger partial charge >= 0.3 is 0 Å². The Morgan fingerprint density at radius 2 is 1.75 bits per heavy atom. The normalized spacial score (nSPS) is 15.6. The second-order valence-electron chi connectivity index (χ2n) is 5.49. The molecular weight excluding hydrogens is 373 g/mol. The zero-order valence-electron chi connectivity index (χ0n) is 13.2. The highest BCUT2D eigenvalue weighted by atomic mass is 35.5. The summed E-state index contributed by atoms with van der Waals surface area (Å²) < 4.78 is 5.03. The van der Waals surface area contributed by atoms with Crippen LogP contribution in [0.1, 0.15) is 17.3 Å². The molecule has 1 saturated heterocycles. The number of piperazine rings is 1. The summed E-state index contributed by atoms with van der Waals surface area (Å²) in [5.74, 6) is 1.21. The number of hydrogen-bond acceptors (Lipinski definition) is 6. The molecule has 9 heteroatoms. The molecule has 3 rings (SSSR count). The summed E-state index contributed by atoms with van der Waals surface area (Å²) in [6.45, 7) is 5.98. The number of benzene rings is 1. The number of nitrogens with two attached hydrogens (primary N) is 1. The molecule has 24 heavy (non-hydrogen) atoms. The average molecular weight is 395 g/mol. The number of aromatic nitrogens is 2. The Labute approximate surface area is 159 Å². The van der Waals surface area contributed by atoms with E-state index in [1.54, 1.807) is 0 Å². The molecule has 0 saturated carbocycles. The third-order valence-electron chi connectivity index (χ3n) is 3.81. The van der Waals surface area contributed by atoms with E-state index in [0.29, 0.717) is 24.8 Å². The third-order valence-corrected chi connectivity index (χ3v) is 4.05. The van der Waals surface area contributed by atoms with Crippen LogP contribution in [0.4, 0.5) is 0 Å². The van der Waals surface area contributed by atoms with Crippen molar-refractivity contribution in [3.63, 3.8) is 0 Å². The summed E-state index contributed by atoms with van der Waals surface area (Å²) in [7, 11) is 0. The molecule has 2 N–H and O–H groups in total. The van der Waals surface area contributed by atoms with Crippen molar-refractivity contribution >= 4 is 36.4 Å². The quantitative estimate of drug-likeness (QED) is 0.839. The van der Waals surface area contributed by atoms with E-state index in [1.165, 1.54) is 5.56 Å². The lowest BCUT2D eigenvalue weighted by molar-refractivity contribution is 0.119. The Bertz CT molecular complexity index is 617. The second-order valence-corrected chi connectivity index (χ2v) is 5.93. The van der Waals surface area contributed by atoms with Crippen LogP contribution in [0.15, 0.2) is 28.8 Å². The second kappa shape index (κ2) is 10.2. The zero-order chi connectivity index (χ0) is 15.4. The van der Waals surface area contributed by atoms with Crippen molar-refractivity contribution in [2.24, 2.45) is 5.73 Å². The predicted molar refractivity (Wildman–Crippen MR) is 98.7 cm³/mol. The monoisotopic (exact) mass is 393 g/mol. The topological polar surface area (TPSA) is 71.4 Å². The van der Waals surface area contributed by atoms with Crippen LogP contribution >= 0.6 is 36.4 Å². The predicted octanol–water partition coefficient (Wildman–Crippen LogP) is 2.34. The number of nitrogens with zero attached hydrogens (tertiary/aromatic N) is 4. The van der Waals surface area contributed by atoms with Gasteiger partial charge in [0.15, 0.2) is 5.82 Å². The highest BCUT2D eigenvalue weighted by Gasteiger charge is 2.19. The van der Waals surface area contributed by atoms with Gasteiger partial charge < -0.3 is 10.3 Å². The summed E-state index contributed by atoms with van der Waals surface area (Å²) in [6, 6.07) is 8.05. The summed E-state index contributed by atoms with van der Waals surface area (Å²) in [4.78, 5) is 9.01. The van der Waals surface area contributed by atoms with Gasteiger partial charge in [-0.25, -0.2) is 0 Å². The standard InChI is InChI=1S/C15H20ClN5O.2ClH/c16-13-3-1-2-12(8-13)10-20-4-6-21(7-5-20)11-14-18-15(9-17)22-19-14;;/h1-3,8H,4-7,9-11,17H2;2*1H. The number of hydrogen-bond donors (Lipinski definition) is 1. The maximum atomic E-state index is 6.03. The Hall–Kier alpha value is -0.890. The van der Waals surface area contributed by atoms with E-state index in [9.17, 15) is 0 Å². The first kappa shape index (κ1) is 21.2. The van der Waals surface area contributed by atoms with Crippen LogP contribution in [0.2, 0.25) is 5.02 Å². The lowest BCUT2D eigenvalue weighted by Gasteiger charge is -2.34. The van der Waals surface area contributed by atoms with Gasteiger partial charge in [-0.1, -0.05) is 28.9 Å². The molecule has 0 atom stereocenters. The summed E-state index contributed by atoms with van der Waals surface area (Å²) in [6.07, 6.45) is 0. The van der Waals surface area contributed by atoms with E-state index in [4.69, 9.17) is 21.9 Å². The van der Waals surface area contributed by atoms with E-state index < -0.39 is 0 Å². The summed E-state index contributed by atoms with van der Waals surface area (Å²) in [5, 5.41) is 4.74. The fourth-order valence-corrected chi connectivity index (χ4v) is 2.85. The van der Waals surface area contributed by atoms with Gasteiger partial charge in [0.2, 0.25) is 5.89 Å². The van der Waals surface area contributed by atoms with Crippen LogP contribution in [0.3, 0.4) is 0 Å². The smallest absolute Gasteiger partial charge is 0.240 e. The van der Waals surface area contributed by atoms with Gasteiger partial charge in [-0.05, 0) is 17.7 Å². The lowest BCUT2D eigenvalue weighted by atomic mass is 10.2. The van der Waals surface area contributed by atoms with E-state index in [1.807, 2.05) is 18.2 Å². The molecule has 134 valence electrons. The molecule has 0 spiro atoms. The van der Waals surface area contributed by atoms with Gasteiger partial charge in [-0.2, -0.15) is 4.98 Å². The van der Waals surface area contributed by atoms with Crippen molar-refractivity contribution in [2.75, 3.05) is 26.2 Å². The molecule has 1 fully saturated rings. The molecule has 2 heterocycles. The highest BCUT2D eigenvalue weighted by Crippen LogP contribution is 2.14. The van der Waals surface area contributed by atoms with E-state index in [0.717, 1.165) is 37.7 Å². The SMILES string of the molecule is Cl.Cl.NCc1nc(CN2CCN(Cc3cccc(Cl)c3)CC2)no1. The molecule has 1 aliphatic heterocycles. The summed E-state index contributed by atoms with van der Waals surface area (Å²) in [5.41, 5.74) is 6.73. The van der Waals surface area contributed by atoms with Crippen LogP contribution in [-0.4, -0.2) is 46.1 Å². The van der Waals surface area contributed by atoms with E-state index >= 15 is 0 Å². The first-order valence-corrected chi connectivity index (χ1v) is 7.81. The van der Waals surface area contributed by atoms with E-state index in [-0.39, 0.29) is 24.8 Å². The fourth-order valence-electron chi connectivity index (χ4n) is 2.64. The van der Waals surface area contributed by atoms with Crippen LogP contribution in [-0.2, 0) is 19.6 Å². The van der Waals surface area contributed by atoms with Gasteiger partial charge in [0.25, 0.3) is 0 Å². The molecule has 0 aliphatic carbocycles. The zero-order valence-corrected chi connectivity index (χ0v) is 15.6. The minimum atomic E-state index is 0. The van der Waals surface area contributed by atoms with Crippen molar-refractivity contribution in [3.8, 4) is 0 Å². The van der Waals surface area contributed by atoms with Crippen LogP contribution in [0.25, 0.3) is 0 Å². The van der Waals surface area contributed by atoms with Gasteiger partial charge in [-0.3, -0.25) is 9.80 Å². The molecule has 0 radical (unpaired) electrons. The molecule has 2 aromatic rings. The minimum Gasteiger partial charge on any atom is -0.338 e. The molecule has 1 aromatic carbocycles. The van der Waals surface area contributed by atoms with Crippen molar-refractivity contribution < 1.29 is 4.52 Å². The first-order valence-electron chi connectivity index (χ1n) is 7.43. The molecule has 0 amide bonds. The number of rotatable bonds is 5. The maximum Gasteiger partial charge on any atom is 0.240 e. The average Bonchev–Trinajstić information content (AvgIpc) is 2.97. The Kier molecular flexibility index (Phi) is 8.97. The fraction of sp³-hybridized carbons (Fsp3) is 0.467. The van der Waals surface area contributed by atoms with Crippen molar-refractivity contribution in [3.05, 3.63) is 46.6 Å². The minimum absolute atomic E-state index is 0. The van der Waals surface area contributed by atoms with Gasteiger partial charge in [0.05, 0.1) is 13.1 Å². The van der Waals surface area contributed by atoms with Crippen molar-refractivity contribution in [1.29, 1.82) is 0 Å².